The number of rotatable bonds is 8. The van der Waals surface area contributed by atoms with Crippen LogP contribution in [0, 0.1) is 0 Å². The van der Waals surface area contributed by atoms with Crippen molar-refractivity contribution in [3.63, 3.8) is 0 Å². The van der Waals surface area contributed by atoms with E-state index in [9.17, 15) is 0 Å². The molecule has 0 unspecified atom stereocenters. The molecule has 32 heavy (non-hydrogen) atoms. The Morgan fingerprint density at radius 1 is 0.875 bits per heavy atom. The lowest BCUT2D eigenvalue weighted by Crippen LogP contribution is -2.39. The maximum atomic E-state index is 4.42. The molecule has 0 amide bonds. The van der Waals surface area contributed by atoms with Gasteiger partial charge in [0, 0.05) is 26.1 Å². The fourth-order valence-corrected chi connectivity index (χ4v) is 3.74. The van der Waals surface area contributed by atoms with Crippen molar-refractivity contribution >= 4 is 5.96 Å². The monoisotopic (exact) mass is 424 g/mol. The standard InChI is InChI=1S/C26H28N6/c1-27-26(29-16-21-9-8-10-22(15-21)18-32-20-28-19-31-32)30-17-25(23-11-4-2-5-12-23)24-13-6-3-7-14-24/h2-15,19-20,25H,16-18H2,1H3,(H2,27,29,30). The van der Waals surface area contributed by atoms with Gasteiger partial charge < -0.3 is 10.6 Å². The fourth-order valence-electron chi connectivity index (χ4n) is 3.74. The van der Waals surface area contributed by atoms with Crippen molar-refractivity contribution in [2.24, 2.45) is 4.99 Å². The lowest BCUT2D eigenvalue weighted by atomic mass is 9.91. The van der Waals surface area contributed by atoms with E-state index in [1.54, 1.807) is 19.7 Å². The number of nitrogens with zero attached hydrogens (tertiary/aromatic N) is 4. The van der Waals surface area contributed by atoms with Gasteiger partial charge >= 0.3 is 0 Å². The van der Waals surface area contributed by atoms with Crippen LogP contribution in [0.1, 0.15) is 28.2 Å². The summed E-state index contributed by atoms with van der Waals surface area (Å²) in [5.41, 5.74) is 4.93. The predicted octanol–water partition coefficient (Wildman–Crippen LogP) is 3.82. The van der Waals surface area contributed by atoms with Gasteiger partial charge in [-0.05, 0) is 22.3 Å². The number of hydrogen-bond acceptors (Lipinski definition) is 3. The third-order valence-electron chi connectivity index (χ3n) is 5.36. The van der Waals surface area contributed by atoms with E-state index < -0.39 is 0 Å². The SMILES string of the molecule is CN=C(NCc1cccc(Cn2cncn2)c1)NCC(c1ccccc1)c1ccccc1. The first-order valence-electron chi connectivity index (χ1n) is 10.8. The van der Waals surface area contributed by atoms with E-state index in [1.807, 2.05) is 4.68 Å². The first-order valence-corrected chi connectivity index (χ1v) is 10.8. The molecule has 0 saturated heterocycles. The normalized spacial score (nSPS) is 11.5. The minimum Gasteiger partial charge on any atom is -0.355 e. The molecule has 0 spiro atoms. The minimum atomic E-state index is 0.238. The second kappa shape index (κ2) is 10.9. The highest BCUT2D eigenvalue weighted by molar-refractivity contribution is 5.79. The molecule has 0 fully saturated rings. The van der Waals surface area contributed by atoms with Gasteiger partial charge in [0.05, 0.1) is 6.54 Å². The van der Waals surface area contributed by atoms with Crippen molar-refractivity contribution < 1.29 is 0 Å². The molecule has 1 heterocycles. The second-order valence-corrected chi connectivity index (χ2v) is 7.59. The molecule has 6 heteroatoms. The molecule has 1 aromatic heterocycles. The van der Waals surface area contributed by atoms with Crippen molar-refractivity contribution in [3.8, 4) is 0 Å². The summed E-state index contributed by atoms with van der Waals surface area (Å²) in [4.78, 5) is 8.42. The molecule has 3 aromatic carbocycles. The van der Waals surface area contributed by atoms with Gasteiger partial charge in [-0.3, -0.25) is 4.99 Å². The van der Waals surface area contributed by atoms with Gasteiger partial charge in [0.2, 0.25) is 0 Å². The Labute approximate surface area is 189 Å². The van der Waals surface area contributed by atoms with Gasteiger partial charge in [-0.15, -0.1) is 0 Å². The number of aliphatic imine (C=N–C) groups is 1. The van der Waals surface area contributed by atoms with Gasteiger partial charge in [0.25, 0.3) is 0 Å². The van der Waals surface area contributed by atoms with Crippen LogP contribution in [-0.4, -0.2) is 34.3 Å². The molecule has 0 aliphatic heterocycles. The largest absolute Gasteiger partial charge is 0.355 e. The van der Waals surface area contributed by atoms with Crippen molar-refractivity contribution in [3.05, 3.63) is 120 Å². The molecule has 0 bridgehead atoms. The van der Waals surface area contributed by atoms with Gasteiger partial charge in [0.15, 0.2) is 5.96 Å². The molecule has 2 N–H and O–H groups in total. The van der Waals surface area contributed by atoms with Crippen molar-refractivity contribution in [2.75, 3.05) is 13.6 Å². The minimum absolute atomic E-state index is 0.238. The Morgan fingerprint density at radius 2 is 1.56 bits per heavy atom. The van der Waals surface area contributed by atoms with Crippen molar-refractivity contribution in [2.45, 2.75) is 19.0 Å². The summed E-state index contributed by atoms with van der Waals surface area (Å²) in [7, 11) is 1.80. The number of aromatic nitrogens is 3. The average molecular weight is 425 g/mol. The average Bonchev–Trinajstić information content (AvgIpc) is 3.36. The van der Waals surface area contributed by atoms with Crippen LogP contribution >= 0.6 is 0 Å². The molecule has 4 aromatic rings. The Kier molecular flexibility index (Phi) is 7.26. The highest BCUT2D eigenvalue weighted by Gasteiger charge is 2.14. The van der Waals surface area contributed by atoms with E-state index in [2.05, 4.69) is 111 Å². The topological polar surface area (TPSA) is 67.1 Å². The van der Waals surface area contributed by atoms with Gasteiger partial charge in [-0.1, -0.05) is 84.9 Å². The zero-order chi connectivity index (χ0) is 22.0. The number of hydrogen-bond donors (Lipinski definition) is 2. The van der Waals surface area contributed by atoms with Crippen LogP contribution in [0.3, 0.4) is 0 Å². The van der Waals surface area contributed by atoms with E-state index in [0.29, 0.717) is 13.1 Å². The van der Waals surface area contributed by atoms with Crippen molar-refractivity contribution in [1.29, 1.82) is 0 Å². The summed E-state index contributed by atoms with van der Waals surface area (Å²) in [6.45, 7) is 2.14. The van der Waals surface area contributed by atoms with Gasteiger partial charge in [-0.2, -0.15) is 5.10 Å². The van der Waals surface area contributed by atoms with Crippen LogP contribution in [0.4, 0.5) is 0 Å². The smallest absolute Gasteiger partial charge is 0.191 e. The van der Waals surface area contributed by atoms with Crippen LogP contribution < -0.4 is 10.6 Å². The van der Waals surface area contributed by atoms with Crippen LogP contribution in [0.25, 0.3) is 0 Å². The lowest BCUT2D eigenvalue weighted by Gasteiger charge is -2.20. The zero-order valence-electron chi connectivity index (χ0n) is 18.2. The second-order valence-electron chi connectivity index (χ2n) is 7.59. The van der Waals surface area contributed by atoms with Crippen molar-refractivity contribution in [1.82, 2.24) is 25.4 Å². The molecule has 162 valence electrons. The maximum Gasteiger partial charge on any atom is 0.191 e. The molecular formula is C26H28N6. The van der Waals surface area contributed by atoms with Gasteiger partial charge in [-0.25, -0.2) is 9.67 Å². The van der Waals surface area contributed by atoms with Crippen LogP contribution in [-0.2, 0) is 13.1 Å². The lowest BCUT2D eigenvalue weighted by molar-refractivity contribution is 0.683. The first kappa shape index (κ1) is 21.3. The predicted molar refractivity (Wildman–Crippen MR) is 128 cm³/mol. The third-order valence-corrected chi connectivity index (χ3v) is 5.36. The highest BCUT2D eigenvalue weighted by Crippen LogP contribution is 2.23. The first-order chi connectivity index (χ1) is 15.8. The molecule has 0 atom stereocenters. The van der Waals surface area contributed by atoms with E-state index >= 15 is 0 Å². The van der Waals surface area contributed by atoms with E-state index in [1.165, 1.54) is 22.3 Å². The molecular weight excluding hydrogens is 396 g/mol. The Bertz CT molecular complexity index is 1070. The van der Waals surface area contributed by atoms with Crippen LogP contribution in [0.5, 0.6) is 0 Å². The molecule has 0 aliphatic rings. The highest BCUT2D eigenvalue weighted by atomic mass is 15.3. The Balaban J connectivity index is 1.38. The summed E-state index contributed by atoms with van der Waals surface area (Å²) in [6, 6.07) is 29.6. The zero-order valence-corrected chi connectivity index (χ0v) is 18.2. The molecule has 0 aliphatic carbocycles. The molecule has 0 saturated carbocycles. The summed E-state index contributed by atoms with van der Waals surface area (Å²) >= 11 is 0. The molecule has 4 rings (SSSR count). The van der Waals surface area contributed by atoms with Crippen LogP contribution in [0.15, 0.2) is 103 Å². The number of benzene rings is 3. The van der Waals surface area contributed by atoms with E-state index in [4.69, 9.17) is 0 Å². The number of guanidine groups is 1. The summed E-state index contributed by atoms with van der Waals surface area (Å²) < 4.78 is 1.82. The Hall–Kier alpha value is -3.93. The molecule has 6 nitrogen and oxygen atoms in total. The number of nitrogens with one attached hydrogen (secondary N) is 2. The summed E-state index contributed by atoms with van der Waals surface area (Å²) in [5.74, 6) is 1.02. The van der Waals surface area contributed by atoms with Gasteiger partial charge in [0.1, 0.15) is 12.7 Å². The van der Waals surface area contributed by atoms with E-state index in [0.717, 1.165) is 12.5 Å². The quantitative estimate of drug-likeness (QED) is 0.333. The maximum absolute atomic E-state index is 4.42. The van der Waals surface area contributed by atoms with E-state index in [-0.39, 0.29) is 5.92 Å². The Morgan fingerprint density at radius 3 is 2.19 bits per heavy atom. The summed E-state index contributed by atoms with van der Waals surface area (Å²) in [5, 5.41) is 11.1. The summed E-state index contributed by atoms with van der Waals surface area (Å²) in [6.07, 6.45) is 3.28. The van der Waals surface area contributed by atoms with Crippen LogP contribution in [0.2, 0.25) is 0 Å². The third kappa shape index (κ3) is 5.82. The molecule has 0 radical (unpaired) electrons. The fraction of sp³-hybridized carbons (Fsp3) is 0.192.